The van der Waals surface area contributed by atoms with Crippen LogP contribution in [0.5, 0.6) is 11.5 Å². The number of amides is 1. The minimum absolute atomic E-state index is 0.0427. The Morgan fingerprint density at radius 2 is 1.76 bits per heavy atom. The molecule has 0 aliphatic carbocycles. The molecule has 178 valence electrons. The molecule has 8 nitrogen and oxygen atoms in total. The summed E-state index contributed by atoms with van der Waals surface area (Å²) in [7, 11) is 0. The third-order valence-electron chi connectivity index (χ3n) is 5.85. The first-order valence-electron chi connectivity index (χ1n) is 11.6. The van der Waals surface area contributed by atoms with Gasteiger partial charge >= 0.3 is 0 Å². The predicted molar refractivity (Wildman–Crippen MR) is 127 cm³/mol. The number of benzene rings is 2. The molecular formula is C25H34N4O4. The zero-order chi connectivity index (χ0) is 23.6. The first-order chi connectivity index (χ1) is 16.0. The van der Waals surface area contributed by atoms with Crippen LogP contribution in [-0.2, 0) is 6.54 Å². The van der Waals surface area contributed by atoms with Crippen molar-refractivity contribution in [3.05, 3.63) is 59.2 Å². The highest BCUT2D eigenvalue weighted by Crippen LogP contribution is 2.24. The summed E-state index contributed by atoms with van der Waals surface area (Å²) in [5.74, 6) is -0.684. The van der Waals surface area contributed by atoms with Crippen molar-refractivity contribution in [2.45, 2.75) is 32.7 Å². The third kappa shape index (κ3) is 7.28. The number of hydrazine groups is 1. The molecule has 0 radical (unpaired) electrons. The summed E-state index contributed by atoms with van der Waals surface area (Å²) in [6.07, 6.45) is 3.81. The minimum atomic E-state index is -0.242. The van der Waals surface area contributed by atoms with Crippen molar-refractivity contribution < 1.29 is 19.8 Å². The van der Waals surface area contributed by atoms with E-state index >= 15 is 0 Å². The molecule has 1 heterocycles. The summed E-state index contributed by atoms with van der Waals surface area (Å²) in [4.78, 5) is 28.0. The van der Waals surface area contributed by atoms with E-state index in [2.05, 4.69) is 15.6 Å². The van der Waals surface area contributed by atoms with E-state index in [0.29, 0.717) is 24.2 Å². The SMILES string of the molecule is CCN(NCc1ccc(O)c(O)c1)C(=O)c1cccc(C(=O)CNCCN2CCCCC2)c1. The molecule has 0 aromatic heterocycles. The molecule has 0 unspecified atom stereocenters. The van der Waals surface area contributed by atoms with Gasteiger partial charge in [0.1, 0.15) is 0 Å². The van der Waals surface area contributed by atoms with Crippen LogP contribution in [0.4, 0.5) is 0 Å². The molecule has 1 fully saturated rings. The van der Waals surface area contributed by atoms with Crippen molar-refractivity contribution in [2.24, 2.45) is 0 Å². The van der Waals surface area contributed by atoms with Gasteiger partial charge in [-0.1, -0.05) is 24.6 Å². The van der Waals surface area contributed by atoms with Gasteiger partial charge in [0.05, 0.1) is 6.54 Å². The van der Waals surface area contributed by atoms with Crippen LogP contribution in [0.25, 0.3) is 0 Å². The van der Waals surface area contributed by atoms with E-state index in [4.69, 9.17) is 0 Å². The lowest BCUT2D eigenvalue weighted by atomic mass is 10.1. The molecule has 1 amide bonds. The first-order valence-corrected chi connectivity index (χ1v) is 11.6. The maximum absolute atomic E-state index is 13.0. The summed E-state index contributed by atoms with van der Waals surface area (Å²) in [6, 6.07) is 11.3. The van der Waals surface area contributed by atoms with Gasteiger partial charge in [0, 0.05) is 37.3 Å². The first kappa shape index (κ1) is 24.7. The van der Waals surface area contributed by atoms with Crippen LogP contribution in [0.3, 0.4) is 0 Å². The Kier molecular flexibility index (Phi) is 9.24. The van der Waals surface area contributed by atoms with Crippen LogP contribution in [0.15, 0.2) is 42.5 Å². The van der Waals surface area contributed by atoms with Gasteiger partial charge in [0.25, 0.3) is 5.91 Å². The number of Topliss-reactive ketones (excluding diaryl/α,β-unsaturated/α-hetero) is 1. The number of phenols is 2. The van der Waals surface area contributed by atoms with Crippen LogP contribution in [0, 0.1) is 0 Å². The number of hydrogen-bond donors (Lipinski definition) is 4. The number of piperidine rings is 1. The average molecular weight is 455 g/mol. The Bertz CT molecular complexity index is 944. The molecule has 33 heavy (non-hydrogen) atoms. The van der Waals surface area contributed by atoms with Gasteiger partial charge in [-0.3, -0.25) is 14.6 Å². The van der Waals surface area contributed by atoms with Crippen molar-refractivity contribution in [2.75, 3.05) is 39.3 Å². The predicted octanol–water partition coefficient (Wildman–Crippen LogP) is 2.52. The second-order valence-electron chi connectivity index (χ2n) is 8.29. The molecule has 0 saturated carbocycles. The number of hydrogen-bond acceptors (Lipinski definition) is 7. The van der Waals surface area contributed by atoms with E-state index < -0.39 is 0 Å². The quantitative estimate of drug-likeness (QED) is 0.179. The van der Waals surface area contributed by atoms with Crippen molar-refractivity contribution in [1.82, 2.24) is 20.7 Å². The molecule has 0 bridgehead atoms. The van der Waals surface area contributed by atoms with Crippen LogP contribution < -0.4 is 10.7 Å². The zero-order valence-electron chi connectivity index (χ0n) is 19.2. The summed E-state index contributed by atoms with van der Waals surface area (Å²) in [5, 5.41) is 23.8. The molecule has 1 saturated heterocycles. The van der Waals surface area contributed by atoms with E-state index in [9.17, 15) is 19.8 Å². The average Bonchev–Trinajstić information content (AvgIpc) is 2.84. The van der Waals surface area contributed by atoms with Gasteiger partial charge in [-0.25, -0.2) is 5.43 Å². The lowest BCUT2D eigenvalue weighted by Crippen LogP contribution is -2.42. The van der Waals surface area contributed by atoms with Gasteiger partial charge in [-0.05, 0) is 62.7 Å². The van der Waals surface area contributed by atoms with E-state index in [-0.39, 0.29) is 29.7 Å². The third-order valence-corrected chi connectivity index (χ3v) is 5.85. The Morgan fingerprint density at radius 3 is 2.48 bits per heavy atom. The number of phenolic OH excluding ortho intramolecular Hbond substituents is 2. The second-order valence-corrected chi connectivity index (χ2v) is 8.29. The standard InChI is InChI=1S/C25H34N4O4/c1-2-29(27-17-19-9-10-22(30)23(31)15-19)25(33)21-8-6-7-20(16-21)24(32)18-26-11-14-28-12-4-3-5-13-28/h6-10,15-16,26-27,30-31H,2-5,11-14,17-18H2,1H3. The Balaban J connectivity index is 1.52. The monoisotopic (exact) mass is 454 g/mol. The molecule has 8 heteroatoms. The molecule has 1 aliphatic heterocycles. The van der Waals surface area contributed by atoms with E-state index in [1.807, 2.05) is 6.92 Å². The Hall–Kier alpha value is -2.94. The maximum Gasteiger partial charge on any atom is 0.267 e. The number of ketones is 1. The smallest absolute Gasteiger partial charge is 0.267 e. The number of carbonyl (C=O) groups excluding carboxylic acids is 2. The van der Waals surface area contributed by atoms with Crippen LogP contribution in [0.2, 0.25) is 0 Å². The Morgan fingerprint density at radius 1 is 1.00 bits per heavy atom. The maximum atomic E-state index is 13.0. The van der Waals surface area contributed by atoms with E-state index in [1.165, 1.54) is 36.4 Å². The van der Waals surface area contributed by atoms with Crippen molar-refractivity contribution >= 4 is 11.7 Å². The molecular weight excluding hydrogens is 420 g/mol. The van der Waals surface area contributed by atoms with Gasteiger partial charge in [0.2, 0.25) is 0 Å². The van der Waals surface area contributed by atoms with Gasteiger partial charge < -0.3 is 20.4 Å². The van der Waals surface area contributed by atoms with Gasteiger partial charge in [-0.2, -0.15) is 0 Å². The Labute approximate surface area is 195 Å². The van der Waals surface area contributed by atoms with Crippen LogP contribution in [0.1, 0.15) is 52.5 Å². The number of nitrogens with zero attached hydrogens (tertiary/aromatic N) is 2. The van der Waals surface area contributed by atoms with Crippen LogP contribution in [-0.4, -0.2) is 71.1 Å². The number of aromatic hydroxyl groups is 2. The lowest BCUT2D eigenvalue weighted by molar-refractivity contribution is 0.0666. The molecule has 4 N–H and O–H groups in total. The van der Waals surface area contributed by atoms with Crippen molar-refractivity contribution in [3.8, 4) is 11.5 Å². The van der Waals surface area contributed by atoms with E-state index in [0.717, 1.165) is 31.7 Å². The number of carbonyl (C=O) groups is 2. The highest BCUT2D eigenvalue weighted by molar-refractivity contribution is 6.01. The zero-order valence-corrected chi connectivity index (χ0v) is 19.2. The fraction of sp³-hybridized carbons (Fsp3) is 0.440. The highest BCUT2D eigenvalue weighted by Gasteiger charge is 2.16. The summed E-state index contributed by atoms with van der Waals surface area (Å²) < 4.78 is 0. The molecule has 2 aromatic carbocycles. The number of likely N-dealkylation sites (tertiary alicyclic amines) is 1. The highest BCUT2D eigenvalue weighted by atomic mass is 16.3. The van der Waals surface area contributed by atoms with Gasteiger partial charge in [-0.15, -0.1) is 0 Å². The summed E-state index contributed by atoms with van der Waals surface area (Å²) in [6.45, 7) is 6.79. The normalized spacial score (nSPS) is 14.2. The second kappa shape index (κ2) is 12.3. The fourth-order valence-corrected chi connectivity index (χ4v) is 3.90. The molecule has 0 atom stereocenters. The molecule has 3 rings (SSSR count). The van der Waals surface area contributed by atoms with Gasteiger partial charge in [0.15, 0.2) is 17.3 Å². The van der Waals surface area contributed by atoms with E-state index in [1.54, 1.807) is 30.3 Å². The topological polar surface area (TPSA) is 105 Å². The summed E-state index contributed by atoms with van der Waals surface area (Å²) >= 11 is 0. The lowest BCUT2D eigenvalue weighted by Gasteiger charge is -2.26. The van der Waals surface area contributed by atoms with Crippen LogP contribution >= 0.6 is 0 Å². The number of nitrogens with one attached hydrogen (secondary N) is 2. The molecule has 0 spiro atoms. The minimum Gasteiger partial charge on any atom is -0.504 e. The van der Waals surface area contributed by atoms with Crippen molar-refractivity contribution in [1.29, 1.82) is 0 Å². The largest absolute Gasteiger partial charge is 0.504 e. The number of rotatable bonds is 11. The molecule has 2 aromatic rings. The fourth-order valence-electron chi connectivity index (χ4n) is 3.90. The summed E-state index contributed by atoms with van der Waals surface area (Å²) in [5.41, 5.74) is 4.69. The van der Waals surface area contributed by atoms with Crippen molar-refractivity contribution in [3.63, 3.8) is 0 Å². The molecule has 1 aliphatic rings.